The average Bonchev–Trinajstić information content (AvgIpc) is 2.54. The molecule has 0 saturated carbocycles. The Bertz CT molecular complexity index is 525. The van der Waals surface area contributed by atoms with E-state index < -0.39 is 0 Å². The molecule has 5 heteroatoms. The van der Waals surface area contributed by atoms with E-state index in [1.807, 2.05) is 20.8 Å². The Labute approximate surface area is 111 Å². The van der Waals surface area contributed by atoms with Gasteiger partial charge < -0.3 is 5.73 Å². The average molecular weight is 266 g/mol. The molecule has 1 atom stereocenters. The minimum Gasteiger partial charge on any atom is -0.397 e. The van der Waals surface area contributed by atoms with Crippen LogP contribution in [0.5, 0.6) is 0 Å². The molecule has 0 bridgehead atoms. The number of amides is 1. The number of nitrogen functional groups attached to an aromatic ring is 1. The van der Waals surface area contributed by atoms with Crippen LogP contribution in [0, 0.1) is 11.8 Å². The van der Waals surface area contributed by atoms with Crippen LogP contribution in [-0.4, -0.2) is 11.6 Å². The molecule has 1 aliphatic rings. The molecule has 1 amide bonds. The zero-order chi connectivity index (χ0) is 13.4. The van der Waals surface area contributed by atoms with Gasteiger partial charge in [0.1, 0.15) is 0 Å². The van der Waals surface area contributed by atoms with E-state index in [4.69, 9.17) is 17.3 Å². The van der Waals surface area contributed by atoms with Crippen LogP contribution in [0.4, 0.5) is 11.4 Å². The van der Waals surface area contributed by atoms with Crippen LogP contribution in [0.2, 0.25) is 5.02 Å². The first-order chi connectivity index (χ1) is 8.41. The van der Waals surface area contributed by atoms with Gasteiger partial charge in [-0.15, -0.1) is 0 Å². The summed E-state index contributed by atoms with van der Waals surface area (Å²) in [6.07, 6.45) is 0. The maximum atomic E-state index is 12.3. The second-order valence-corrected chi connectivity index (χ2v) is 5.25. The molecule has 1 unspecified atom stereocenters. The molecular formula is C13H16ClN3O. The minimum absolute atomic E-state index is 0.0310. The Kier molecular flexibility index (Phi) is 3.30. The first-order valence-electron chi connectivity index (χ1n) is 5.86. The molecule has 0 radical (unpaired) electrons. The Balaban J connectivity index is 2.39. The van der Waals surface area contributed by atoms with E-state index in [0.29, 0.717) is 16.4 Å². The number of rotatable bonds is 2. The third-order valence-electron chi connectivity index (χ3n) is 3.07. The number of hydrogen-bond acceptors (Lipinski definition) is 3. The van der Waals surface area contributed by atoms with Gasteiger partial charge in [0.25, 0.3) is 5.91 Å². The smallest absolute Gasteiger partial charge is 0.256 e. The molecule has 0 saturated heterocycles. The third-order valence-corrected chi connectivity index (χ3v) is 3.30. The molecule has 4 nitrogen and oxygen atoms in total. The highest BCUT2D eigenvalue weighted by atomic mass is 35.5. The van der Waals surface area contributed by atoms with Crippen molar-refractivity contribution in [1.29, 1.82) is 0 Å². The lowest BCUT2D eigenvalue weighted by molar-refractivity contribution is -0.120. The Hall–Kier alpha value is -1.55. The SMILES string of the molecule is CC1=NN(c2ccc(Cl)cc2N)C(=O)C1C(C)C. The van der Waals surface area contributed by atoms with E-state index in [2.05, 4.69) is 5.10 Å². The van der Waals surface area contributed by atoms with Gasteiger partial charge in [-0.25, -0.2) is 0 Å². The Morgan fingerprint density at radius 1 is 1.44 bits per heavy atom. The molecule has 1 aliphatic heterocycles. The number of carbonyl (C=O) groups excluding carboxylic acids is 1. The fraction of sp³-hybridized carbons (Fsp3) is 0.385. The van der Waals surface area contributed by atoms with Gasteiger partial charge in [-0.05, 0) is 31.0 Å². The van der Waals surface area contributed by atoms with E-state index >= 15 is 0 Å². The second-order valence-electron chi connectivity index (χ2n) is 4.82. The fourth-order valence-electron chi connectivity index (χ4n) is 2.24. The lowest BCUT2D eigenvalue weighted by Crippen LogP contribution is -2.30. The van der Waals surface area contributed by atoms with Crippen molar-refractivity contribution in [3.63, 3.8) is 0 Å². The standard InChI is InChI=1S/C13H16ClN3O/c1-7(2)12-8(3)16-17(13(12)18)11-5-4-9(14)6-10(11)15/h4-7,12H,15H2,1-3H3. The Morgan fingerprint density at radius 3 is 2.61 bits per heavy atom. The topological polar surface area (TPSA) is 58.7 Å². The summed E-state index contributed by atoms with van der Waals surface area (Å²) in [6.45, 7) is 5.89. The number of benzene rings is 1. The number of anilines is 2. The van der Waals surface area contributed by atoms with Crippen LogP contribution in [-0.2, 0) is 4.79 Å². The maximum Gasteiger partial charge on any atom is 0.256 e. The van der Waals surface area contributed by atoms with Gasteiger partial charge in [0.15, 0.2) is 0 Å². The van der Waals surface area contributed by atoms with Gasteiger partial charge >= 0.3 is 0 Å². The summed E-state index contributed by atoms with van der Waals surface area (Å²) < 4.78 is 0. The molecule has 1 heterocycles. The number of halogens is 1. The van der Waals surface area contributed by atoms with Crippen LogP contribution < -0.4 is 10.7 Å². The number of hydrogen-bond donors (Lipinski definition) is 1. The van der Waals surface area contributed by atoms with Crippen molar-refractivity contribution >= 4 is 34.6 Å². The quantitative estimate of drug-likeness (QED) is 0.836. The van der Waals surface area contributed by atoms with Crippen molar-refractivity contribution in [3.8, 4) is 0 Å². The fourth-order valence-corrected chi connectivity index (χ4v) is 2.42. The predicted molar refractivity (Wildman–Crippen MR) is 74.8 cm³/mol. The highest BCUT2D eigenvalue weighted by Crippen LogP contribution is 2.32. The van der Waals surface area contributed by atoms with E-state index in [1.54, 1.807) is 18.2 Å². The maximum absolute atomic E-state index is 12.3. The Morgan fingerprint density at radius 2 is 2.11 bits per heavy atom. The molecule has 2 rings (SSSR count). The largest absolute Gasteiger partial charge is 0.397 e. The van der Waals surface area contributed by atoms with Crippen molar-refractivity contribution in [2.45, 2.75) is 20.8 Å². The van der Waals surface area contributed by atoms with E-state index in [9.17, 15) is 4.79 Å². The number of nitrogens with two attached hydrogens (primary N) is 1. The van der Waals surface area contributed by atoms with Gasteiger partial charge in [-0.1, -0.05) is 25.4 Å². The molecule has 96 valence electrons. The van der Waals surface area contributed by atoms with Gasteiger partial charge in [0, 0.05) is 10.7 Å². The second kappa shape index (κ2) is 4.61. The highest BCUT2D eigenvalue weighted by Gasteiger charge is 2.36. The van der Waals surface area contributed by atoms with Crippen molar-refractivity contribution in [3.05, 3.63) is 23.2 Å². The lowest BCUT2D eigenvalue weighted by Gasteiger charge is -2.17. The monoisotopic (exact) mass is 265 g/mol. The molecule has 1 aromatic rings. The van der Waals surface area contributed by atoms with Crippen molar-refractivity contribution in [1.82, 2.24) is 0 Å². The number of hydrazone groups is 1. The normalized spacial score (nSPS) is 19.6. The van der Waals surface area contributed by atoms with Gasteiger partial charge in [0.05, 0.1) is 17.3 Å². The zero-order valence-electron chi connectivity index (χ0n) is 10.6. The molecule has 18 heavy (non-hydrogen) atoms. The van der Waals surface area contributed by atoms with E-state index in [1.165, 1.54) is 5.01 Å². The van der Waals surface area contributed by atoms with Crippen LogP contribution in [0.1, 0.15) is 20.8 Å². The molecule has 0 aliphatic carbocycles. The summed E-state index contributed by atoms with van der Waals surface area (Å²) in [7, 11) is 0. The van der Waals surface area contributed by atoms with Gasteiger partial charge in [-0.3, -0.25) is 4.79 Å². The summed E-state index contributed by atoms with van der Waals surface area (Å²) in [4.78, 5) is 12.3. The molecule has 0 aromatic heterocycles. The van der Waals surface area contributed by atoms with Gasteiger partial charge in [-0.2, -0.15) is 10.1 Å². The number of nitrogens with zero attached hydrogens (tertiary/aromatic N) is 2. The highest BCUT2D eigenvalue weighted by molar-refractivity contribution is 6.31. The summed E-state index contributed by atoms with van der Waals surface area (Å²) in [5, 5.41) is 6.24. The van der Waals surface area contributed by atoms with Crippen LogP contribution in [0.3, 0.4) is 0 Å². The summed E-state index contributed by atoms with van der Waals surface area (Å²) >= 11 is 5.85. The molecule has 2 N–H and O–H groups in total. The third kappa shape index (κ3) is 2.08. The van der Waals surface area contributed by atoms with Crippen molar-refractivity contribution in [2.75, 3.05) is 10.7 Å². The van der Waals surface area contributed by atoms with Crippen LogP contribution in [0.15, 0.2) is 23.3 Å². The molecule has 1 aromatic carbocycles. The molecule has 0 spiro atoms. The first-order valence-corrected chi connectivity index (χ1v) is 6.23. The zero-order valence-corrected chi connectivity index (χ0v) is 11.4. The van der Waals surface area contributed by atoms with Gasteiger partial charge in [0.2, 0.25) is 0 Å². The van der Waals surface area contributed by atoms with E-state index in [-0.39, 0.29) is 17.7 Å². The lowest BCUT2D eigenvalue weighted by atomic mass is 9.92. The summed E-state index contributed by atoms with van der Waals surface area (Å²) in [5.41, 5.74) is 7.75. The van der Waals surface area contributed by atoms with Crippen molar-refractivity contribution < 1.29 is 4.79 Å². The minimum atomic E-state index is -0.167. The summed E-state index contributed by atoms with van der Waals surface area (Å²) in [5.74, 6) is 0.0244. The predicted octanol–water partition coefficient (Wildman–Crippen LogP) is 2.92. The molecule has 0 fully saturated rings. The van der Waals surface area contributed by atoms with Crippen LogP contribution in [0.25, 0.3) is 0 Å². The van der Waals surface area contributed by atoms with E-state index in [0.717, 1.165) is 5.71 Å². The number of carbonyl (C=O) groups is 1. The van der Waals surface area contributed by atoms with Crippen LogP contribution >= 0.6 is 11.6 Å². The molecular weight excluding hydrogens is 250 g/mol. The first kappa shape index (κ1) is 12.9. The van der Waals surface area contributed by atoms with Crippen molar-refractivity contribution in [2.24, 2.45) is 16.9 Å². The summed E-state index contributed by atoms with van der Waals surface area (Å²) in [6, 6.07) is 5.04.